The molecule has 2 aliphatic heterocycles. The number of esters is 1. The lowest BCUT2D eigenvalue weighted by Crippen LogP contribution is -2.48. The van der Waals surface area contributed by atoms with Crippen molar-refractivity contribution in [1.82, 2.24) is 9.80 Å². The number of hydrogen-bond acceptors (Lipinski definition) is 5. The number of ether oxygens (including phenoxy) is 1. The van der Waals surface area contributed by atoms with Gasteiger partial charge in [-0.3, -0.25) is 4.79 Å². The van der Waals surface area contributed by atoms with Crippen LogP contribution in [0.25, 0.3) is 0 Å². The number of rotatable bonds is 11. The first-order chi connectivity index (χ1) is 16.9. The van der Waals surface area contributed by atoms with Crippen LogP contribution in [-0.2, 0) is 16.1 Å². The molecule has 2 aliphatic rings. The van der Waals surface area contributed by atoms with Gasteiger partial charge in [0.25, 0.3) is 0 Å². The minimum absolute atomic E-state index is 0.0259. The number of urea groups is 1. The van der Waals surface area contributed by atoms with Crippen molar-refractivity contribution in [2.75, 3.05) is 12.4 Å². The highest BCUT2D eigenvalue weighted by Crippen LogP contribution is 2.50. The number of benzene rings is 2. The molecule has 6 nitrogen and oxygen atoms in total. The highest BCUT2D eigenvalue weighted by molar-refractivity contribution is 8.00. The predicted molar refractivity (Wildman–Crippen MR) is 139 cm³/mol. The Hall–Kier alpha value is -2.51. The number of hydrogen-bond donors (Lipinski definition) is 1. The van der Waals surface area contributed by atoms with Crippen molar-refractivity contribution in [2.45, 2.75) is 75.6 Å². The van der Waals surface area contributed by atoms with Crippen LogP contribution in [0.15, 0.2) is 60.7 Å². The van der Waals surface area contributed by atoms with Crippen LogP contribution < -0.4 is 0 Å². The Kier molecular flexibility index (Phi) is 8.39. The summed E-state index contributed by atoms with van der Waals surface area (Å²) in [5, 5.41) is 11.8. The zero-order valence-electron chi connectivity index (χ0n) is 20.6. The van der Waals surface area contributed by atoms with Crippen molar-refractivity contribution in [2.24, 2.45) is 0 Å². The summed E-state index contributed by atoms with van der Waals surface area (Å²) in [6, 6.07) is 19.5. The SMILES string of the molecule is CCCOC(=O)CCCCC1(O)SC[C@@H]2[C@H]1N(Cc1ccccc1)C(=O)N2[C@H](C)c1ccccc1. The number of nitrogens with zero attached hydrogens (tertiary/aromatic N) is 2. The van der Waals surface area contributed by atoms with E-state index in [1.165, 1.54) is 0 Å². The molecule has 188 valence electrons. The third-order valence-electron chi connectivity index (χ3n) is 7.02. The quantitative estimate of drug-likeness (QED) is 0.257. The minimum Gasteiger partial charge on any atom is -0.466 e. The van der Waals surface area contributed by atoms with E-state index in [1.54, 1.807) is 11.8 Å². The van der Waals surface area contributed by atoms with Crippen LogP contribution in [0.4, 0.5) is 4.79 Å². The molecular formula is C28H36N2O4S. The zero-order valence-corrected chi connectivity index (χ0v) is 21.5. The molecule has 7 heteroatoms. The van der Waals surface area contributed by atoms with Crippen molar-refractivity contribution in [3.8, 4) is 0 Å². The fourth-order valence-electron chi connectivity index (χ4n) is 5.25. The first-order valence-corrected chi connectivity index (χ1v) is 13.6. The lowest BCUT2D eigenvalue weighted by molar-refractivity contribution is -0.143. The average molecular weight is 497 g/mol. The van der Waals surface area contributed by atoms with Crippen LogP contribution in [0.5, 0.6) is 0 Å². The molecule has 0 aromatic heterocycles. The largest absolute Gasteiger partial charge is 0.466 e. The fraction of sp³-hybridized carbons (Fsp3) is 0.500. The Bertz CT molecular complexity index is 989. The maximum absolute atomic E-state index is 13.8. The maximum atomic E-state index is 13.8. The molecule has 2 fully saturated rings. The second-order valence-electron chi connectivity index (χ2n) is 9.49. The van der Waals surface area contributed by atoms with E-state index in [9.17, 15) is 14.7 Å². The van der Waals surface area contributed by atoms with Crippen LogP contribution in [0, 0.1) is 0 Å². The fourth-order valence-corrected chi connectivity index (χ4v) is 6.79. The molecule has 4 atom stereocenters. The first-order valence-electron chi connectivity index (χ1n) is 12.6. The van der Waals surface area contributed by atoms with Gasteiger partial charge in [0.15, 0.2) is 0 Å². The number of amides is 2. The molecule has 0 radical (unpaired) electrons. The van der Waals surface area contributed by atoms with Gasteiger partial charge in [-0.2, -0.15) is 0 Å². The van der Waals surface area contributed by atoms with E-state index in [-0.39, 0.29) is 30.1 Å². The minimum atomic E-state index is -1.05. The van der Waals surface area contributed by atoms with Gasteiger partial charge in [0, 0.05) is 18.7 Å². The Labute approximate surface area is 212 Å². The van der Waals surface area contributed by atoms with Crippen molar-refractivity contribution < 1.29 is 19.4 Å². The standard InChI is InChI=1S/C28H36N2O4S/c1-3-18-34-25(31)16-10-11-17-28(33)26-24(20-35-28)30(21(2)23-14-8-5-9-15-23)27(32)29(26)19-22-12-6-4-7-13-22/h4-9,12-15,21,24,26,33H,3,10-11,16-20H2,1-2H3/t21-,24-,26-,28?/m1/s1. The van der Waals surface area contributed by atoms with Gasteiger partial charge < -0.3 is 19.6 Å². The maximum Gasteiger partial charge on any atom is 0.321 e. The number of fused-ring (bicyclic) bond motifs is 1. The number of carbonyl (C=O) groups is 2. The second kappa shape index (κ2) is 11.5. The van der Waals surface area contributed by atoms with Crippen LogP contribution in [0.1, 0.15) is 63.1 Å². The third-order valence-corrected chi connectivity index (χ3v) is 8.47. The van der Waals surface area contributed by atoms with Crippen LogP contribution in [0.3, 0.4) is 0 Å². The van der Waals surface area contributed by atoms with Crippen molar-refractivity contribution in [3.05, 3.63) is 71.8 Å². The summed E-state index contributed by atoms with van der Waals surface area (Å²) in [4.78, 5) is 28.5. The normalized spacial score (nSPS) is 24.5. The molecule has 2 heterocycles. The molecule has 2 amide bonds. The van der Waals surface area contributed by atoms with Crippen molar-refractivity contribution in [3.63, 3.8) is 0 Å². The molecular weight excluding hydrogens is 460 g/mol. The average Bonchev–Trinajstić information content (AvgIpc) is 3.35. The van der Waals surface area contributed by atoms with Gasteiger partial charge in [0.2, 0.25) is 0 Å². The summed E-state index contributed by atoms with van der Waals surface area (Å²) in [6.07, 6.45) is 3.08. The summed E-state index contributed by atoms with van der Waals surface area (Å²) in [5.74, 6) is 0.508. The summed E-state index contributed by atoms with van der Waals surface area (Å²) in [7, 11) is 0. The molecule has 0 aliphatic carbocycles. The summed E-state index contributed by atoms with van der Waals surface area (Å²) in [5.41, 5.74) is 2.14. The number of aliphatic hydroxyl groups is 1. The molecule has 35 heavy (non-hydrogen) atoms. The van der Waals surface area contributed by atoms with Crippen LogP contribution in [-0.4, -0.2) is 56.3 Å². The van der Waals surface area contributed by atoms with E-state index < -0.39 is 4.93 Å². The third kappa shape index (κ3) is 5.67. The van der Waals surface area contributed by atoms with Gasteiger partial charge in [0.1, 0.15) is 4.93 Å². The van der Waals surface area contributed by atoms with E-state index in [0.29, 0.717) is 44.6 Å². The highest BCUT2D eigenvalue weighted by atomic mass is 32.2. The zero-order chi connectivity index (χ0) is 24.8. The lowest BCUT2D eigenvalue weighted by Gasteiger charge is -2.34. The molecule has 4 rings (SSSR count). The van der Waals surface area contributed by atoms with Crippen LogP contribution in [0.2, 0.25) is 0 Å². The Morgan fingerprint density at radius 3 is 2.51 bits per heavy atom. The van der Waals surface area contributed by atoms with Crippen molar-refractivity contribution in [1.29, 1.82) is 0 Å². The molecule has 1 unspecified atom stereocenters. The van der Waals surface area contributed by atoms with E-state index >= 15 is 0 Å². The number of thioether (sulfide) groups is 1. The van der Waals surface area contributed by atoms with Crippen molar-refractivity contribution >= 4 is 23.8 Å². The molecule has 2 saturated heterocycles. The smallest absolute Gasteiger partial charge is 0.321 e. The molecule has 0 spiro atoms. The Balaban J connectivity index is 1.52. The lowest BCUT2D eigenvalue weighted by atomic mass is 9.96. The molecule has 2 aromatic rings. The highest BCUT2D eigenvalue weighted by Gasteiger charge is 2.60. The van der Waals surface area contributed by atoms with Gasteiger partial charge >= 0.3 is 12.0 Å². The Morgan fingerprint density at radius 1 is 1.14 bits per heavy atom. The number of unbranched alkanes of at least 4 members (excludes halogenated alkanes) is 1. The summed E-state index contributed by atoms with van der Waals surface area (Å²) < 4.78 is 5.17. The molecule has 2 aromatic carbocycles. The van der Waals surface area contributed by atoms with Gasteiger partial charge in [-0.1, -0.05) is 67.6 Å². The van der Waals surface area contributed by atoms with E-state index in [4.69, 9.17) is 4.74 Å². The first kappa shape index (κ1) is 25.6. The van der Waals surface area contributed by atoms with Gasteiger partial charge in [0.05, 0.1) is 24.7 Å². The summed E-state index contributed by atoms with van der Waals surface area (Å²) >= 11 is 1.55. The van der Waals surface area contributed by atoms with Crippen LogP contribution >= 0.6 is 11.8 Å². The van der Waals surface area contributed by atoms with Gasteiger partial charge in [-0.25, -0.2) is 4.79 Å². The Morgan fingerprint density at radius 2 is 1.83 bits per heavy atom. The predicted octanol–water partition coefficient (Wildman–Crippen LogP) is 5.37. The molecule has 0 bridgehead atoms. The van der Waals surface area contributed by atoms with Gasteiger partial charge in [-0.05, 0) is 43.7 Å². The van der Waals surface area contributed by atoms with E-state index in [2.05, 4.69) is 19.1 Å². The monoisotopic (exact) mass is 496 g/mol. The van der Waals surface area contributed by atoms with E-state index in [1.807, 2.05) is 65.3 Å². The van der Waals surface area contributed by atoms with E-state index in [0.717, 1.165) is 17.5 Å². The number of carbonyl (C=O) groups excluding carboxylic acids is 2. The second-order valence-corrected chi connectivity index (χ2v) is 10.8. The van der Waals surface area contributed by atoms with Gasteiger partial charge in [-0.15, -0.1) is 11.8 Å². The molecule has 0 saturated carbocycles. The summed E-state index contributed by atoms with van der Waals surface area (Å²) in [6.45, 7) is 4.96. The molecule has 1 N–H and O–H groups in total. The topological polar surface area (TPSA) is 70.1 Å².